The van der Waals surface area contributed by atoms with Crippen LogP contribution < -0.4 is 9.46 Å². The number of nitrogens with zero attached hydrogens (tertiary/aromatic N) is 3. The van der Waals surface area contributed by atoms with E-state index < -0.39 is 10.0 Å². The second-order valence-corrected chi connectivity index (χ2v) is 16.9. The Hall–Kier alpha value is -3.46. The van der Waals surface area contributed by atoms with Crippen LogP contribution in [0.15, 0.2) is 53.4 Å². The molecular formula is C36H46N4O4S. The number of aromatic nitrogens is 2. The van der Waals surface area contributed by atoms with Crippen LogP contribution in [0.25, 0.3) is 11.3 Å². The number of hydrogen-bond donors (Lipinski definition) is 1. The van der Waals surface area contributed by atoms with Crippen molar-refractivity contribution in [2.45, 2.75) is 77.5 Å². The van der Waals surface area contributed by atoms with E-state index in [1.165, 1.54) is 0 Å². The second kappa shape index (κ2) is 11.4. The van der Waals surface area contributed by atoms with Crippen molar-refractivity contribution in [3.8, 4) is 17.1 Å². The van der Waals surface area contributed by atoms with Crippen molar-refractivity contribution in [3.63, 3.8) is 0 Å². The lowest BCUT2D eigenvalue weighted by molar-refractivity contribution is -0.151. The molecule has 2 aromatic carbocycles. The Morgan fingerprint density at radius 2 is 1.67 bits per heavy atom. The van der Waals surface area contributed by atoms with E-state index in [4.69, 9.17) is 4.74 Å². The molecule has 3 aromatic rings. The molecule has 4 bridgehead atoms. The summed E-state index contributed by atoms with van der Waals surface area (Å²) in [6.45, 7) is 11.2. The number of carbonyl (C=O) groups excluding carboxylic acids is 1. The topological polar surface area (TPSA) is 101 Å². The summed E-state index contributed by atoms with van der Waals surface area (Å²) < 4.78 is 36.8. The van der Waals surface area contributed by atoms with Gasteiger partial charge in [-0.2, -0.15) is 4.98 Å². The molecular weight excluding hydrogens is 584 g/mol. The molecule has 1 N–H and O–H groups in total. The minimum absolute atomic E-state index is 0.00667. The van der Waals surface area contributed by atoms with Crippen LogP contribution in [0.5, 0.6) is 5.88 Å². The van der Waals surface area contributed by atoms with E-state index in [0.717, 1.165) is 54.4 Å². The second-order valence-electron chi connectivity index (χ2n) is 15.2. The van der Waals surface area contributed by atoms with E-state index in [0.29, 0.717) is 24.1 Å². The van der Waals surface area contributed by atoms with Gasteiger partial charge in [0.2, 0.25) is 17.7 Å². The first kappa shape index (κ1) is 31.5. The highest BCUT2D eigenvalue weighted by Gasteiger charge is 2.57. The van der Waals surface area contributed by atoms with Gasteiger partial charge in [-0.25, -0.2) is 18.1 Å². The molecule has 9 heteroatoms. The monoisotopic (exact) mass is 630 g/mol. The molecule has 6 rings (SSSR count). The van der Waals surface area contributed by atoms with Crippen LogP contribution in [0.4, 0.5) is 5.95 Å². The standard InChI is InChI=1S/C36H46N4O4S/c1-22-10-8-11-23(2)31(22)29-15-30-38-34(37-29)39-45(42,43)28-13-9-12-24(14-28)32(27(21-44-30)16-35(3,4)5)25-17-36(18-25)19-26(20-36)33(41)40(6)7/h8-15,25-27,32H,16-21H2,1-7H3,(H,37,38,39)/t25-,26-,27-,32?,36?/m1/s1. The van der Waals surface area contributed by atoms with E-state index >= 15 is 0 Å². The average molecular weight is 631 g/mol. The Kier molecular flexibility index (Phi) is 7.99. The maximum absolute atomic E-state index is 13.8. The summed E-state index contributed by atoms with van der Waals surface area (Å²) in [5.74, 6) is 1.29. The summed E-state index contributed by atoms with van der Waals surface area (Å²) in [7, 11) is -0.303. The zero-order chi connectivity index (χ0) is 32.3. The molecule has 1 aliphatic heterocycles. The van der Waals surface area contributed by atoms with Crippen molar-refractivity contribution in [2.24, 2.45) is 28.6 Å². The molecule has 2 fully saturated rings. The van der Waals surface area contributed by atoms with Gasteiger partial charge < -0.3 is 9.64 Å². The van der Waals surface area contributed by atoms with Gasteiger partial charge in [0.05, 0.1) is 17.2 Å². The number of amides is 1. The fourth-order valence-corrected chi connectivity index (χ4v) is 9.32. The summed E-state index contributed by atoms with van der Waals surface area (Å²) in [5, 5.41) is 0. The van der Waals surface area contributed by atoms with Gasteiger partial charge in [-0.1, -0.05) is 51.1 Å². The molecule has 240 valence electrons. The zero-order valence-corrected chi connectivity index (χ0v) is 28.4. The van der Waals surface area contributed by atoms with Crippen LogP contribution in [-0.4, -0.2) is 49.9 Å². The summed E-state index contributed by atoms with van der Waals surface area (Å²) >= 11 is 0. The highest BCUT2D eigenvalue weighted by molar-refractivity contribution is 7.92. The smallest absolute Gasteiger partial charge is 0.264 e. The number of benzene rings is 2. The third kappa shape index (κ3) is 6.33. The molecule has 0 radical (unpaired) electrons. The van der Waals surface area contributed by atoms with Crippen molar-refractivity contribution in [3.05, 3.63) is 65.2 Å². The fraction of sp³-hybridized carbons (Fsp3) is 0.528. The molecule has 1 aromatic heterocycles. The largest absolute Gasteiger partial charge is 0.477 e. The molecule has 2 atom stereocenters. The first-order valence-electron chi connectivity index (χ1n) is 16.1. The molecule has 2 aliphatic carbocycles. The van der Waals surface area contributed by atoms with Crippen LogP contribution >= 0.6 is 0 Å². The lowest BCUT2D eigenvalue weighted by atomic mass is 9.45. The normalized spacial score (nSPS) is 27.1. The van der Waals surface area contributed by atoms with E-state index in [1.807, 2.05) is 64.3 Å². The zero-order valence-electron chi connectivity index (χ0n) is 27.6. The maximum Gasteiger partial charge on any atom is 0.264 e. The quantitative estimate of drug-likeness (QED) is 0.334. The predicted octanol–water partition coefficient (Wildman–Crippen LogP) is 6.98. The van der Waals surface area contributed by atoms with Crippen molar-refractivity contribution < 1.29 is 17.9 Å². The van der Waals surface area contributed by atoms with Crippen molar-refractivity contribution in [1.82, 2.24) is 14.9 Å². The molecule has 3 aliphatic rings. The molecule has 45 heavy (non-hydrogen) atoms. The minimum Gasteiger partial charge on any atom is -0.477 e. The van der Waals surface area contributed by atoms with Gasteiger partial charge in [0.25, 0.3) is 10.0 Å². The van der Waals surface area contributed by atoms with Crippen LogP contribution in [-0.2, 0) is 14.8 Å². The van der Waals surface area contributed by atoms with Gasteiger partial charge in [-0.15, -0.1) is 0 Å². The number of nitrogens with one attached hydrogen (secondary N) is 1. The van der Waals surface area contributed by atoms with Crippen molar-refractivity contribution in [1.29, 1.82) is 0 Å². The number of carbonyl (C=O) groups is 1. The average Bonchev–Trinajstić information content (AvgIpc) is 2.90. The predicted molar refractivity (Wildman–Crippen MR) is 177 cm³/mol. The van der Waals surface area contributed by atoms with Crippen molar-refractivity contribution >= 4 is 21.9 Å². The van der Waals surface area contributed by atoms with Crippen LogP contribution in [0.1, 0.15) is 75.5 Å². The van der Waals surface area contributed by atoms with E-state index in [2.05, 4.69) is 41.5 Å². The van der Waals surface area contributed by atoms with Crippen LogP contribution in [0, 0.1) is 42.4 Å². The van der Waals surface area contributed by atoms with E-state index in [9.17, 15) is 13.2 Å². The Bertz CT molecular complexity index is 1690. The first-order valence-corrected chi connectivity index (χ1v) is 17.5. The Labute approximate surface area is 268 Å². The minimum atomic E-state index is -3.97. The SMILES string of the molecule is Cc1cccc(C)c1-c1cc2nc(n1)NS(=O)(=O)c1cccc(c1)C([C@H]1CC3(C[C@H](C(=O)N(C)C)C3)C1)[C@H](CC(C)(C)C)CO2. The Morgan fingerprint density at radius 1 is 1.00 bits per heavy atom. The van der Waals surface area contributed by atoms with Gasteiger partial charge in [-0.05, 0) is 97.4 Å². The third-order valence-corrected chi connectivity index (χ3v) is 11.4. The van der Waals surface area contributed by atoms with Gasteiger partial charge in [0, 0.05) is 37.6 Å². The maximum atomic E-state index is 13.8. The molecule has 2 heterocycles. The highest BCUT2D eigenvalue weighted by Crippen LogP contribution is 2.65. The fourth-order valence-electron chi connectivity index (χ4n) is 8.32. The molecule has 1 spiro atoms. The van der Waals surface area contributed by atoms with Gasteiger partial charge in [0.15, 0.2) is 0 Å². The number of aryl methyl sites for hydroxylation is 2. The van der Waals surface area contributed by atoms with Crippen LogP contribution in [0.2, 0.25) is 0 Å². The molecule has 0 saturated heterocycles. The van der Waals surface area contributed by atoms with Crippen molar-refractivity contribution in [2.75, 3.05) is 25.4 Å². The number of sulfonamides is 1. The molecule has 1 unspecified atom stereocenters. The van der Waals surface area contributed by atoms with Gasteiger partial charge in [0.1, 0.15) is 0 Å². The molecule has 2 saturated carbocycles. The van der Waals surface area contributed by atoms with Crippen LogP contribution in [0.3, 0.4) is 0 Å². The highest BCUT2D eigenvalue weighted by atomic mass is 32.2. The number of hydrogen-bond acceptors (Lipinski definition) is 6. The van der Waals surface area contributed by atoms with E-state index in [1.54, 1.807) is 11.0 Å². The summed E-state index contributed by atoms with van der Waals surface area (Å²) in [6.07, 6.45) is 4.87. The number of fused-ring (bicyclic) bond motifs is 4. The summed E-state index contributed by atoms with van der Waals surface area (Å²) in [5.41, 5.74) is 4.90. The number of anilines is 1. The summed E-state index contributed by atoms with van der Waals surface area (Å²) in [6, 6.07) is 15.3. The number of ether oxygens (including phenoxy) is 1. The van der Waals surface area contributed by atoms with Gasteiger partial charge in [-0.3, -0.25) is 4.79 Å². The lowest BCUT2D eigenvalue weighted by Gasteiger charge is -2.60. The first-order chi connectivity index (χ1) is 21.1. The Balaban J connectivity index is 1.39. The van der Waals surface area contributed by atoms with Gasteiger partial charge >= 0.3 is 0 Å². The third-order valence-electron chi connectivity index (χ3n) is 10.1. The lowest BCUT2D eigenvalue weighted by Crippen LogP contribution is -2.53. The summed E-state index contributed by atoms with van der Waals surface area (Å²) in [4.78, 5) is 23.7. The van der Waals surface area contributed by atoms with E-state index in [-0.39, 0.29) is 45.3 Å². The molecule has 8 nitrogen and oxygen atoms in total. The molecule has 1 amide bonds. The Morgan fingerprint density at radius 3 is 2.31 bits per heavy atom. The number of rotatable bonds is 4.